The van der Waals surface area contributed by atoms with Crippen molar-refractivity contribution in [3.8, 4) is 0 Å². The molecule has 1 unspecified atom stereocenters. The van der Waals surface area contributed by atoms with E-state index in [1.54, 1.807) is 0 Å². The predicted molar refractivity (Wildman–Crippen MR) is 43.0 cm³/mol. The summed E-state index contributed by atoms with van der Waals surface area (Å²) >= 11 is 0. The van der Waals surface area contributed by atoms with Gasteiger partial charge in [0.25, 0.3) is 0 Å². The van der Waals surface area contributed by atoms with Crippen LogP contribution in [0.25, 0.3) is 0 Å². The Morgan fingerprint density at radius 1 is 1.64 bits per heavy atom. The van der Waals surface area contributed by atoms with E-state index in [9.17, 15) is 0 Å². The van der Waals surface area contributed by atoms with E-state index >= 15 is 0 Å². The Morgan fingerprint density at radius 2 is 2.36 bits per heavy atom. The third-order valence-corrected chi connectivity index (χ3v) is 1.38. The quantitative estimate of drug-likeness (QED) is 0.575. The van der Waals surface area contributed by atoms with Gasteiger partial charge in [-0.15, -0.1) is 0 Å². The van der Waals surface area contributed by atoms with Crippen molar-refractivity contribution in [2.45, 2.75) is 26.9 Å². The summed E-state index contributed by atoms with van der Waals surface area (Å²) in [6.45, 7) is 7.50. The first-order valence-corrected chi connectivity index (χ1v) is 4.07. The van der Waals surface area contributed by atoms with Crippen molar-refractivity contribution in [1.29, 1.82) is 0 Å². The minimum absolute atomic E-state index is 0.173. The molecule has 11 heavy (non-hydrogen) atoms. The van der Waals surface area contributed by atoms with Gasteiger partial charge in [0.05, 0.1) is 12.7 Å². The van der Waals surface area contributed by atoms with Gasteiger partial charge in [-0.2, -0.15) is 0 Å². The lowest BCUT2D eigenvalue weighted by Gasteiger charge is -2.07. The lowest BCUT2D eigenvalue weighted by molar-refractivity contribution is 0.149. The summed E-state index contributed by atoms with van der Waals surface area (Å²) < 4.78 is 15.7. The zero-order chi connectivity index (χ0) is 8.27. The fourth-order valence-electron chi connectivity index (χ4n) is 0.841. The van der Waals surface area contributed by atoms with Crippen molar-refractivity contribution in [2.24, 2.45) is 5.92 Å². The van der Waals surface area contributed by atoms with Gasteiger partial charge in [0.15, 0.2) is 0 Å². The Bertz CT molecular complexity index is 118. The minimum atomic E-state index is -0.424. The summed E-state index contributed by atoms with van der Waals surface area (Å²) in [5.41, 5.74) is 0. The average Bonchev–Trinajstić information content (AvgIpc) is 2.31. The molecule has 1 aliphatic heterocycles. The summed E-state index contributed by atoms with van der Waals surface area (Å²) in [5, 5.41) is 0. The zero-order valence-corrected chi connectivity index (χ0v) is 7.37. The SMILES string of the molecule is CC(C)COB1OCC(C)O1. The van der Waals surface area contributed by atoms with Crippen LogP contribution in [-0.2, 0) is 14.0 Å². The van der Waals surface area contributed by atoms with E-state index in [4.69, 9.17) is 14.0 Å². The molecule has 1 fully saturated rings. The fraction of sp³-hybridized carbons (Fsp3) is 1.00. The van der Waals surface area contributed by atoms with Gasteiger partial charge in [-0.25, -0.2) is 0 Å². The van der Waals surface area contributed by atoms with E-state index in [0.29, 0.717) is 19.1 Å². The first-order chi connectivity index (χ1) is 5.18. The van der Waals surface area contributed by atoms with Crippen LogP contribution in [0.15, 0.2) is 0 Å². The standard InChI is InChI=1S/C7H15BO3/c1-6(2)4-9-8-10-5-7(3)11-8/h6-7H,4-5H2,1-3H3. The van der Waals surface area contributed by atoms with Gasteiger partial charge in [-0.3, -0.25) is 0 Å². The second-order valence-electron chi connectivity index (χ2n) is 3.30. The molecule has 0 amide bonds. The Morgan fingerprint density at radius 3 is 2.82 bits per heavy atom. The predicted octanol–water partition coefficient (Wildman–Crippen LogP) is 1.08. The number of rotatable bonds is 3. The summed E-state index contributed by atoms with van der Waals surface area (Å²) in [4.78, 5) is 0. The van der Waals surface area contributed by atoms with Gasteiger partial charge in [-0.05, 0) is 12.8 Å². The molecule has 64 valence electrons. The third kappa shape index (κ3) is 3.23. The van der Waals surface area contributed by atoms with E-state index < -0.39 is 7.32 Å². The molecule has 1 atom stereocenters. The molecule has 1 saturated heterocycles. The zero-order valence-electron chi connectivity index (χ0n) is 7.37. The Balaban J connectivity index is 2.08. The maximum atomic E-state index is 5.29. The number of hydrogen-bond donors (Lipinski definition) is 0. The van der Waals surface area contributed by atoms with Crippen LogP contribution in [0.1, 0.15) is 20.8 Å². The molecule has 0 aromatic heterocycles. The van der Waals surface area contributed by atoms with E-state index in [2.05, 4.69) is 13.8 Å². The highest BCUT2D eigenvalue weighted by atomic mass is 16.8. The average molecular weight is 158 g/mol. The smallest absolute Gasteiger partial charge is 0.386 e. The molecule has 4 heteroatoms. The van der Waals surface area contributed by atoms with Gasteiger partial charge in [0.2, 0.25) is 0 Å². The van der Waals surface area contributed by atoms with Crippen molar-refractivity contribution in [3.05, 3.63) is 0 Å². The van der Waals surface area contributed by atoms with Crippen molar-refractivity contribution in [2.75, 3.05) is 13.2 Å². The second-order valence-corrected chi connectivity index (χ2v) is 3.30. The molecule has 0 aliphatic carbocycles. The summed E-state index contributed by atoms with van der Waals surface area (Å²) in [6.07, 6.45) is 0.173. The normalized spacial score (nSPS) is 25.1. The largest absolute Gasteiger partial charge is 0.639 e. The molecule has 0 saturated carbocycles. The Kier molecular flexibility index (Phi) is 3.36. The van der Waals surface area contributed by atoms with Gasteiger partial charge in [0, 0.05) is 6.61 Å². The topological polar surface area (TPSA) is 27.7 Å². The van der Waals surface area contributed by atoms with Crippen LogP contribution in [0.2, 0.25) is 0 Å². The maximum Gasteiger partial charge on any atom is 0.639 e. The molecule has 1 rings (SSSR count). The first-order valence-electron chi connectivity index (χ1n) is 4.07. The second kappa shape index (κ2) is 4.09. The van der Waals surface area contributed by atoms with Crippen molar-refractivity contribution >= 4 is 7.32 Å². The summed E-state index contributed by atoms with van der Waals surface area (Å²) in [6, 6.07) is 0. The Hall–Kier alpha value is -0.0551. The lowest BCUT2D eigenvalue weighted by atomic mass is 10.2. The van der Waals surface area contributed by atoms with Crippen LogP contribution in [0.4, 0.5) is 0 Å². The molecule has 0 aromatic carbocycles. The van der Waals surface area contributed by atoms with Gasteiger partial charge in [-0.1, -0.05) is 13.8 Å². The van der Waals surface area contributed by atoms with Gasteiger partial charge in [0.1, 0.15) is 0 Å². The third-order valence-electron chi connectivity index (χ3n) is 1.38. The summed E-state index contributed by atoms with van der Waals surface area (Å²) in [5.74, 6) is 0.526. The lowest BCUT2D eigenvalue weighted by Crippen LogP contribution is -2.22. The highest BCUT2D eigenvalue weighted by Crippen LogP contribution is 2.09. The van der Waals surface area contributed by atoms with Crippen LogP contribution in [0.3, 0.4) is 0 Å². The molecular weight excluding hydrogens is 143 g/mol. The van der Waals surface area contributed by atoms with Crippen molar-refractivity contribution in [1.82, 2.24) is 0 Å². The molecule has 1 heterocycles. The van der Waals surface area contributed by atoms with Crippen LogP contribution in [0, 0.1) is 5.92 Å². The molecule has 1 aliphatic rings. The highest BCUT2D eigenvalue weighted by molar-refractivity contribution is 6.37. The Labute approximate surface area is 68.2 Å². The molecule has 0 N–H and O–H groups in total. The molecule has 0 aromatic rings. The molecule has 0 bridgehead atoms. The van der Waals surface area contributed by atoms with Crippen LogP contribution in [0.5, 0.6) is 0 Å². The molecular formula is C7H15BO3. The van der Waals surface area contributed by atoms with Crippen molar-refractivity contribution in [3.63, 3.8) is 0 Å². The molecule has 3 nitrogen and oxygen atoms in total. The van der Waals surface area contributed by atoms with Crippen molar-refractivity contribution < 1.29 is 14.0 Å². The van der Waals surface area contributed by atoms with Crippen LogP contribution in [-0.4, -0.2) is 26.6 Å². The summed E-state index contributed by atoms with van der Waals surface area (Å²) in [7, 11) is -0.424. The van der Waals surface area contributed by atoms with Gasteiger partial charge >= 0.3 is 7.32 Å². The van der Waals surface area contributed by atoms with E-state index in [0.717, 1.165) is 0 Å². The van der Waals surface area contributed by atoms with E-state index in [1.165, 1.54) is 0 Å². The first kappa shape index (κ1) is 9.04. The molecule has 0 radical (unpaired) electrons. The monoisotopic (exact) mass is 158 g/mol. The van der Waals surface area contributed by atoms with Crippen LogP contribution < -0.4 is 0 Å². The van der Waals surface area contributed by atoms with Gasteiger partial charge < -0.3 is 14.0 Å². The minimum Gasteiger partial charge on any atom is -0.386 e. The molecule has 0 spiro atoms. The van der Waals surface area contributed by atoms with E-state index in [-0.39, 0.29) is 6.10 Å². The number of hydrogen-bond acceptors (Lipinski definition) is 3. The van der Waals surface area contributed by atoms with Crippen LogP contribution >= 0.6 is 0 Å². The highest BCUT2D eigenvalue weighted by Gasteiger charge is 2.31. The fourth-order valence-corrected chi connectivity index (χ4v) is 0.841. The van der Waals surface area contributed by atoms with E-state index in [1.807, 2.05) is 6.92 Å². The maximum absolute atomic E-state index is 5.29.